The Balaban J connectivity index is 0.000000205. The fourth-order valence-electron chi connectivity index (χ4n) is 13.8. The number of hydrogen-bond donors (Lipinski definition) is 19. The molecular formula is C57H76N24O38P6. The van der Waals surface area contributed by atoms with Crippen LogP contribution in [0.3, 0.4) is 0 Å². The number of aliphatic hydroxyl groups is 2. The third kappa shape index (κ3) is 22.2. The maximum atomic E-state index is 13.6. The monoisotopic (exact) mass is 1890 g/mol. The molecule has 62 nitrogen and oxygen atoms in total. The molecule has 22 atom stereocenters. The van der Waals surface area contributed by atoms with Gasteiger partial charge >= 0.3 is 64.0 Å². The summed E-state index contributed by atoms with van der Waals surface area (Å²) in [6, 6.07) is 3.84. The number of phosphoric ester groups is 6. The molecule has 9 aromatic heterocycles. The summed E-state index contributed by atoms with van der Waals surface area (Å²) in [5.74, 6) is -1.07. The van der Waals surface area contributed by atoms with E-state index in [1.807, 2.05) is 0 Å². The van der Waals surface area contributed by atoms with Crippen molar-refractivity contribution in [3.05, 3.63) is 118 Å². The van der Waals surface area contributed by atoms with E-state index in [1.54, 1.807) is 0 Å². The molecule has 0 amide bonds. The summed E-state index contributed by atoms with van der Waals surface area (Å²) in [6.45, 7) is -5.02. The molecule has 0 saturated carbocycles. The summed E-state index contributed by atoms with van der Waals surface area (Å²) in [5.41, 5.74) is 28.7. The lowest BCUT2D eigenvalue weighted by molar-refractivity contribution is -0.0616. The third-order valence-electron chi connectivity index (χ3n) is 19.4. The van der Waals surface area contributed by atoms with Crippen LogP contribution in [-0.2, 0) is 101 Å². The summed E-state index contributed by atoms with van der Waals surface area (Å²) in [5, 5.41) is 21.3. The highest BCUT2D eigenvalue weighted by Gasteiger charge is 2.51. The van der Waals surface area contributed by atoms with Gasteiger partial charge in [-0.2, -0.15) is 29.9 Å². The fraction of sp³-hybridized carbons (Fsp3) is 0.526. The Morgan fingerprint density at radius 3 is 0.840 bits per heavy atom. The van der Waals surface area contributed by atoms with Gasteiger partial charge in [-0.25, -0.2) is 56.7 Å². The molecule has 6 saturated heterocycles. The first-order chi connectivity index (χ1) is 58.7. The van der Waals surface area contributed by atoms with E-state index in [9.17, 15) is 106 Å². The Bertz CT molecular complexity index is 6200. The molecule has 6 aliphatic rings. The maximum Gasteiger partial charge on any atom is 0.472 e. The highest BCUT2D eigenvalue weighted by atomic mass is 31.2. The number of nitrogens with one attached hydrogen (secondary N) is 3. The van der Waals surface area contributed by atoms with Gasteiger partial charge in [-0.15, -0.1) is 0 Å². The Morgan fingerprint density at radius 1 is 0.344 bits per heavy atom. The van der Waals surface area contributed by atoms with Crippen molar-refractivity contribution in [1.82, 2.24) is 87.2 Å². The molecule has 15 rings (SSSR count). The van der Waals surface area contributed by atoms with Crippen molar-refractivity contribution < 1.29 is 150 Å². The van der Waals surface area contributed by atoms with Crippen molar-refractivity contribution in [1.29, 1.82) is 0 Å². The van der Waals surface area contributed by atoms with E-state index in [2.05, 4.69) is 68.9 Å². The number of aromatic amines is 3. The van der Waals surface area contributed by atoms with Gasteiger partial charge in [0.15, 0.2) is 33.5 Å². The van der Waals surface area contributed by atoms with Crippen LogP contribution in [0.4, 0.5) is 35.3 Å². The van der Waals surface area contributed by atoms with Crippen LogP contribution in [0.5, 0.6) is 0 Å². The van der Waals surface area contributed by atoms with Crippen molar-refractivity contribution in [3.8, 4) is 0 Å². The Labute approximate surface area is 692 Å². The zero-order valence-electron chi connectivity index (χ0n) is 63.3. The number of nitrogens with zero attached hydrogens (tertiary/aromatic N) is 15. The summed E-state index contributed by atoms with van der Waals surface area (Å²) < 4.78 is 170. The Kier molecular flexibility index (Phi) is 26.9. The van der Waals surface area contributed by atoms with E-state index < -0.39 is 231 Å². The van der Waals surface area contributed by atoms with E-state index in [-0.39, 0.29) is 107 Å². The molecule has 6 fully saturated rings. The Morgan fingerprint density at radius 2 is 0.576 bits per heavy atom. The van der Waals surface area contributed by atoms with Gasteiger partial charge in [0.1, 0.15) is 116 Å². The molecule has 68 heteroatoms. The summed E-state index contributed by atoms with van der Waals surface area (Å²) in [7, 11) is -31.0. The highest BCUT2D eigenvalue weighted by Crippen LogP contribution is 2.55. The molecule has 0 radical (unpaired) electrons. The van der Waals surface area contributed by atoms with Crippen molar-refractivity contribution in [3.63, 3.8) is 0 Å². The number of nitrogens with two attached hydrogens (primary N) is 6. The normalized spacial score (nSPS) is 28.6. The third-order valence-corrected chi connectivity index (χ3v) is 24.4. The van der Waals surface area contributed by atoms with Crippen molar-refractivity contribution in [2.75, 3.05) is 74.0 Å². The van der Waals surface area contributed by atoms with Crippen LogP contribution in [0.15, 0.2) is 84.5 Å². The number of aromatic nitrogens is 18. The van der Waals surface area contributed by atoms with Gasteiger partial charge < -0.3 is 112 Å². The van der Waals surface area contributed by atoms with E-state index in [0.717, 1.165) is 26.4 Å². The second-order valence-electron chi connectivity index (χ2n) is 28.0. The molecular weight excluding hydrogens is 1810 g/mol. The number of imidazole rings is 3. The number of hydrogen-bond acceptors (Lipinski definition) is 45. The Hall–Kier alpha value is -9.17. The lowest BCUT2D eigenvalue weighted by Gasteiger charge is -2.24. The van der Waals surface area contributed by atoms with Gasteiger partial charge in [-0.05, 0) is 18.2 Å². The number of rotatable bonds is 32. The number of aliphatic hydroxyl groups excluding tert-OH is 2. The number of phosphoric acid groups is 6. The molecule has 0 bridgehead atoms. The van der Waals surface area contributed by atoms with Gasteiger partial charge in [0.25, 0.3) is 16.7 Å². The van der Waals surface area contributed by atoms with Crippen molar-refractivity contribution >= 4 is 116 Å². The zero-order chi connectivity index (χ0) is 89.9. The van der Waals surface area contributed by atoms with Crippen molar-refractivity contribution in [2.45, 2.75) is 149 Å². The van der Waals surface area contributed by atoms with Crippen LogP contribution >= 0.6 is 46.9 Å². The molecule has 25 N–H and O–H groups in total. The van der Waals surface area contributed by atoms with Gasteiger partial charge in [0.2, 0.25) is 17.8 Å². The smallest absolute Gasteiger partial charge is 0.390 e. The molecule has 0 aromatic carbocycles. The number of fused-ring (bicyclic) bond motifs is 3. The van der Waals surface area contributed by atoms with Crippen LogP contribution in [0.1, 0.15) is 75.9 Å². The second kappa shape index (κ2) is 36.5. The fourth-order valence-corrected chi connectivity index (χ4v) is 18.3. The number of nitrogen functional groups attached to an aromatic ring is 6. The van der Waals surface area contributed by atoms with Crippen LogP contribution in [0, 0.1) is 0 Å². The molecule has 4 unspecified atom stereocenters. The van der Waals surface area contributed by atoms with Crippen LogP contribution in [0.25, 0.3) is 33.5 Å². The quantitative estimate of drug-likeness (QED) is 0.0176. The first-order valence-electron chi connectivity index (χ1n) is 36.3. The minimum atomic E-state index is -5.27. The number of H-pyrrole nitrogens is 3. The highest BCUT2D eigenvalue weighted by molar-refractivity contribution is 7.48. The van der Waals surface area contributed by atoms with Gasteiger partial charge in [-0.3, -0.25) is 102 Å². The molecule has 0 aliphatic carbocycles. The van der Waals surface area contributed by atoms with Crippen molar-refractivity contribution in [2.24, 2.45) is 0 Å². The van der Waals surface area contributed by atoms with Crippen LogP contribution in [-0.4, -0.2) is 249 Å². The SMILES string of the molecule is Nc1ccn([C@H]2C[C@H](OP(=O)(O)OC[C@H]3O[C@@H](n4ccc(N)nc4=O)C[C@@H]3OP(=O)(O)OC[C@H]3O[C@@H](n4ccc(N)nc4=O)C[C@@H]3O)[C@@H](COP(=O)(O)O)O2)c(=O)n1.Nc1nc2c(ncn2[C@H]2C[C@H](OP(=O)(O)OC[C@H]3O[C@@H](n4cnc5c(=O)[nH]c(N)nc54)C[C@@H]3OP(=O)(O)OC[C@H]3O[C@@H](n4cnc5c(=O)[nH]c(N)nc54)C[C@@H]3O)[C@@H](COP(=O)(O)O)O2)c(=O)[nH]1. The van der Waals surface area contributed by atoms with Gasteiger partial charge in [-0.1, -0.05) is 0 Å². The molecule has 0 spiro atoms. The molecule has 682 valence electrons. The zero-order valence-corrected chi connectivity index (χ0v) is 68.7. The summed E-state index contributed by atoms with van der Waals surface area (Å²) in [6.07, 6.45) is -18.3. The van der Waals surface area contributed by atoms with Gasteiger partial charge in [0.05, 0.1) is 70.8 Å². The first-order valence-corrected chi connectivity index (χ1v) is 45.3. The summed E-state index contributed by atoms with van der Waals surface area (Å²) >= 11 is 0. The molecule has 15 heterocycles. The first kappa shape index (κ1) is 92.0. The van der Waals surface area contributed by atoms with E-state index in [0.29, 0.717) is 0 Å². The molecule has 6 aliphatic heterocycles. The molecule has 125 heavy (non-hydrogen) atoms. The maximum absolute atomic E-state index is 13.6. The minimum absolute atomic E-state index is 0.0458. The number of anilines is 6. The van der Waals surface area contributed by atoms with E-state index in [1.165, 1.54) is 56.8 Å². The summed E-state index contributed by atoms with van der Waals surface area (Å²) in [4.78, 5) is 197. The lowest BCUT2D eigenvalue weighted by atomic mass is 10.2. The van der Waals surface area contributed by atoms with Crippen LogP contribution in [0.2, 0.25) is 0 Å². The standard InChI is InChI=1S/C30H38N15O19P3.C27H38N9O19P3/c31-28-37-22-19(25(47)40-28)34-7-43(22)16-1-10(46)13(60-16)4-58-66(53,54)64-12-3-18(45-9-36-21-24(45)39-30(33)42-27(21)49)62-15(12)6-59-67(55,56)63-11-2-17(61-14(11)5-57-65(50,51)52)44-8-35-20-23(44)38-29(32)41-26(20)48;28-19-1-4-34(25(38)31-19)22-7-13(37)16(51-22)10-49-57(44,45)55-15-9-24(36-6-3-21(30)33-27(36)40)53-18(15)12-50-58(46,47)54-14-8-23(35-5-2-20(29)32-26(35)39)52-17(14)11-48-56(41,42)43/h7-18,46H,1-6H2,(H,53,54)(H,55,56)(H2,50,51,52)(H3,31,37,40,47)(H3,32,38,41,48)(H3,33,39,42,49);1-6,13-18,22-24,37H,7-12H2,(H,44,45)(H,46,47)(H2,28,31,38)(H2,29,32,39)(H2,30,33,40)(H2,41,42,43)/t10-,11-,12-,13+,14+,15+,16+,17+,18+;13-,14-,15-,16+,17+,18+,22+,23+,24+/m00/s1. The predicted molar refractivity (Wildman–Crippen MR) is 408 cm³/mol. The van der Waals surface area contributed by atoms with E-state index >= 15 is 0 Å². The largest absolute Gasteiger partial charge is 0.472 e. The van der Waals surface area contributed by atoms with Crippen LogP contribution < -0.4 is 68.1 Å². The predicted octanol–water partition coefficient (Wildman–Crippen LogP) is -4.69. The lowest BCUT2D eigenvalue weighted by Crippen LogP contribution is -2.31. The second-order valence-corrected chi connectivity index (χ2v) is 36.1. The minimum Gasteiger partial charge on any atom is -0.390 e. The number of ether oxygens (including phenoxy) is 6. The average molecular weight is 1890 g/mol. The topological polar surface area (TPSA) is 904 Å². The molecule has 9 aromatic rings. The van der Waals surface area contributed by atoms with E-state index in [4.69, 9.17) is 99.0 Å². The average Bonchev–Trinajstić information content (AvgIpc) is 1.64. The van der Waals surface area contributed by atoms with Gasteiger partial charge in [0, 0.05) is 57.1 Å².